The van der Waals surface area contributed by atoms with E-state index in [0.717, 1.165) is 16.7 Å². The second kappa shape index (κ2) is 7.21. The molecule has 0 bridgehead atoms. The number of nitrogen functional groups attached to an aromatic ring is 1. The van der Waals surface area contributed by atoms with Gasteiger partial charge in [0.15, 0.2) is 0 Å². The van der Waals surface area contributed by atoms with Gasteiger partial charge in [0.25, 0.3) is 5.91 Å². The number of anilines is 1. The Morgan fingerprint density at radius 2 is 2.04 bits per heavy atom. The van der Waals surface area contributed by atoms with Crippen LogP contribution in [0.25, 0.3) is 11.1 Å². The minimum absolute atomic E-state index is 0.102. The first-order valence-corrected chi connectivity index (χ1v) is 8.40. The third-order valence-electron chi connectivity index (χ3n) is 4.61. The van der Waals surface area contributed by atoms with Crippen molar-refractivity contribution < 1.29 is 14.6 Å². The van der Waals surface area contributed by atoms with Gasteiger partial charge in [0, 0.05) is 23.9 Å². The van der Waals surface area contributed by atoms with Gasteiger partial charge in [-0.2, -0.15) is 0 Å². The van der Waals surface area contributed by atoms with E-state index in [9.17, 15) is 9.90 Å². The second-order valence-electron chi connectivity index (χ2n) is 6.27. The number of rotatable bonds is 4. The molecule has 1 amide bonds. The molecule has 2 heterocycles. The van der Waals surface area contributed by atoms with E-state index in [0.29, 0.717) is 24.5 Å². The molecule has 6 heteroatoms. The van der Waals surface area contributed by atoms with Gasteiger partial charge in [-0.1, -0.05) is 12.1 Å². The normalized spacial score (nSPS) is 19.8. The van der Waals surface area contributed by atoms with Gasteiger partial charge in [0.05, 0.1) is 25.4 Å². The molecule has 25 heavy (non-hydrogen) atoms. The molecule has 1 saturated heterocycles. The largest absolute Gasteiger partial charge is 0.388 e. The highest BCUT2D eigenvalue weighted by molar-refractivity contribution is 5.95. The average Bonchev–Trinajstić information content (AvgIpc) is 3.04. The number of hydrogen-bond donors (Lipinski definition) is 2. The van der Waals surface area contributed by atoms with Crippen LogP contribution in [0, 0.1) is 6.92 Å². The van der Waals surface area contributed by atoms with Crippen molar-refractivity contribution in [3.8, 4) is 11.1 Å². The van der Waals surface area contributed by atoms with E-state index in [-0.39, 0.29) is 18.6 Å². The summed E-state index contributed by atoms with van der Waals surface area (Å²) >= 11 is 0. The van der Waals surface area contributed by atoms with Gasteiger partial charge >= 0.3 is 0 Å². The van der Waals surface area contributed by atoms with Crippen LogP contribution in [0.4, 0.5) is 5.82 Å². The molecular formula is C19H23N3O3. The van der Waals surface area contributed by atoms with Crippen LogP contribution in [-0.2, 0) is 4.74 Å². The number of hydrogen-bond acceptors (Lipinski definition) is 5. The number of aliphatic hydroxyl groups is 1. The quantitative estimate of drug-likeness (QED) is 0.886. The monoisotopic (exact) mass is 341 g/mol. The summed E-state index contributed by atoms with van der Waals surface area (Å²) in [6.07, 6.45) is 1.09. The highest BCUT2D eigenvalue weighted by Gasteiger charge is 2.34. The average molecular weight is 341 g/mol. The topological polar surface area (TPSA) is 88.7 Å². The first-order chi connectivity index (χ1) is 12.0. The van der Waals surface area contributed by atoms with E-state index in [1.165, 1.54) is 0 Å². The Bertz CT molecular complexity index is 761. The summed E-state index contributed by atoms with van der Waals surface area (Å²) < 4.78 is 5.27. The Morgan fingerprint density at radius 1 is 1.32 bits per heavy atom. The minimum atomic E-state index is -0.632. The zero-order chi connectivity index (χ0) is 18.0. The fourth-order valence-electron chi connectivity index (χ4n) is 3.07. The van der Waals surface area contributed by atoms with Gasteiger partial charge in [-0.25, -0.2) is 4.98 Å². The smallest absolute Gasteiger partial charge is 0.254 e. The highest BCUT2D eigenvalue weighted by atomic mass is 16.5. The predicted octanol–water partition coefficient (Wildman–Crippen LogP) is 1.86. The van der Waals surface area contributed by atoms with Crippen molar-refractivity contribution in [2.75, 3.05) is 25.5 Å². The number of benzene rings is 1. The van der Waals surface area contributed by atoms with Crippen molar-refractivity contribution in [3.05, 3.63) is 47.7 Å². The van der Waals surface area contributed by atoms with Crippen LogP contribution in [0.5, 0.6) is 0 Å². The van der Waals surface area contributed by atoms with Crippen LogP contribution >= 0.6 is 0 Å². The Morgan fingerprint density at radius 3 is 2.60 bits per heavy atom. The van der Waals surface area contributed by atoms with E-state index in [1.54, 1.807) is 23.2 Å². The SMILES string of the molecule is CCN(C(=O)c1ccc(-c2cnc(N)c(C)c2)cc1)C1COCC1O. The summed E-state index contributed by atoms with van der Waals surface area (Å²) in [6, 6.07) is 9.08. The summed E-state index contributed by atoms with van der Waals surface area (Å²) in [5, 5.41) is 9.99. The lowest BCUT2D eigenvalue weighted by molar-refractivity contribution is 0.0520. The van der Waals surface area contributed by atoms with Crippen molar-refractivity contribution in [1.29, 1.82) is 0 Å². The Hall–Kier alpha value is -2.44. The fraction of sp³-hybridized carbons (Fsp3) is 0.368. The molecule has 1 fully saturated rings. The van der Waals surface area contributed by atoms with Crippen LogP contribution in [0.3, 0.4) is 0 Å². The van der Waals surface area contributed by atoms with E-state index in [2.05, 4.69) is 4.98 Å². The number of carbonyl (C=O) groups excluding carboxylic acids is 1. The van der Waals surface area contributed by atoms with Crippen molar-refractivity contribution in [2.24, 2.45) is 0 Å². The lowest BCUT2D eigenvalue weighted by Gasteiger charge is -2.28. The zero-order valence-corrected chi connectivity index (χ0v) is 14.5. The molecule has 0 radical (unpaired) electrons. The molecule has 132 valence electrons. The molecule has 2 atom stereocenters. The molecular weight excluding hydrogens is 318 g/mol. The van der Waals surface area contributed by atoms with E-state index < -0.39 is 6.10 Å². The van der Waals surface area contributed by atoms with Crippen molar-refractivity contribution in [2.45, 2.75) is 26.0 Å². The summed E-state index contributed by atoms with van der Waals surface area (Å²) in [5.41, 5.74) is 9.20. The predicted molar refractivity (Wildman–Crippen MR) is 96.1 cm³/mol. The van der Waals surface area contributed by atoms with Crippen LogP contribution in [0.1, 0.15) is 22.8 Å². The Balaban J connectivity index is 1.81. The van der Waals surface area contributed by atoms with Crippen LogP contribution in [0.2, 0.25) is 0 Å². The second-order valence-corrected chi connectivity index (χ2v) is 6.27. The van der Waals surface area contributed by atoms with Crippen LogP contribution < -0.4 is 5.73 Å². The lowest BCUT2D eigenvalue weighted by Crippen LogP contribution is -2.46. The minimum Gasteiger partial charge on any atom is -0.388 e. The van der Waals surface area contributed by atoms with Gasteiger partial charge in [-0.05, 0) is 43.2 Å². The molecule has 1 aliphatic rings. The van der Waals surface area contributed by atoms with Gasteiger partial charge < -0.3 is 20.5 Å². The molecule has 0 aliphatic carbocycles. The molecule has 6 nitrogen and oxygen atoms in total. The van der Waals surface area contributed by atoms with Gasteiger partial charge in [-0.3, -0.25) is 4.79 Å². The van der Waals surface area contributed by atoms with Crippen LogP contribution in [-0.4, -0.2) is 52.8 Å². The van der Waals surface area contributed by atoms with E-state index in [4.69, 9.17) is 10.5 Å². The molecule has 3 N–H and O–H groups in total. The van der Waals surface area contributed by atoms with Crippen molar-refractivity contribution >= 4 is 11.7 Å². The van der Waals surface area contributed by atoms with Gasteiger partial charge in [0.1, 0.15) is 5.82 Å². The summed E-state index contributed by atoms with van der Waals surface area (Å²) in [7, 11) is 0. The van der Waals surface area contributed by atoms with Crippen molar-refractivity contribution in [1.82, 2.24) is 9.88 Å². The zero-order valence-electron chi connectivity index (χ0n) is 14.5. The number of aromatic nitrogens is 1. The molecule has 0 spiro atoms. The highest BCUT2D eigenvalue weighted by Crippen LogP contribution is 2.23. The lowest BCUT2D eigenvalue weighted by atomic mass is 10.0. The summed E-state index contributed by atoms with van der Waals surface area (Å²) in [6.45, 7) is 4.98. The Labute approximate surface area is 147 Å². The number of amides is 1. The summed E-state index contributed by atoms with van der Waals surface area (Å²) in [4.78, 5) is 18.6. The van der Waals surface area contributed by atoms with Gasteiger partial charge in [0.2, 0.25) is 0 Å². The standard InChI is InChI=1S/C19H23N3O3/c1-3-22(16-10-25-11-17(16)23)19(24)14-6-4-13(5-7-14)15-8-12(2)18(20)21-9-15/h4-9,16-17,23H,3,10-11H2,1-2H3,(H2,20,21). The van der Waals surface area contributed by atoms with Crippen molar-refractivity contribution in [3.63, 3.8) is 0 Å². The first-order valence-electron chi connectivity index (χ1n) is 8.40. The number of nitrogens with zero attached hydrogens (tertiary/aromatic N) is 2. The number of ether oxygens (including phenoxy) is 1. The number of aryl methyl sites for hydroxylation is 1. The first kappa shape index (κ1) is 17.4. The number of pyridine rings is 1. The molecule has 2 unspecified atom stereocenters. The maximum absolute atomic E-state index is 12.8. The maximum Gasteiger partial charge on any atom is 0.254 e. The molecule has 0 saturated carbocycles. The fourth-order valence-corrected chi connectivity index (χ4v) is 3.07. The number of nitrogens with two attached hydrogens (primary N) is 1. The van der Waals surface area contributed by atoms with E-state index >= 15 is 0 Å². The Kier molecular flexibility index (Phi) is 5.01. The molecule has 1 aromatic carbocycles. The molecule has 2 aromatic rings. The maximum atomic E-state index is 12.8. The molecule has 1 aromatic heterocycles. The third kappa shape index (κ3) is 3.50. The number of likely N-dealkylation sites (N-methyl/N-ethyl adjacent to an activating group) is 1. The number of aliphatic hydroxyl groups excluding tert-OH is 1. The van der Waals surface area contributed by atoms with E-state index in [1.807, 2.05) is 32.0 Å². The number of carbonyl (C=O) groups is 1. The molecule has 1 aliphatic heterocycles. The van der Waals surface area contributed by atoms with Crippen LogP contribution in [0.15, 0.2) is 36.5 Å². The van der Waals surface area contributed by atoms with Gasteiger partial charge in [-0.15, -0.1) is 0 Å². The molecule has 3 rings (SSSR count). The third-order valence-corrected chi connectivity index (χ3v) is 4.61. The summed E-state index contributed by atoms with van der Waals surface area (Å²) in [5.74, 6) is 0.418.